The highest BCUT2D eigenvalue weighted by atomic mass is 35.5. The Kier molecular flexibility index (Phi) is 5.13. The van der Waals surface area contributed by atoms with E-state index in [4.69, 9.17) is 39.5 Å². The van der Waals surface area contributed by atoms with Gasteiger partial charge in [0.2, 0.25) is 0 Å². The summed E-state index contributed by atoms with van der Waals surface area (Å²) in [6.07, 6.45) is 2.82. The van der Waals surface area contributed by atoms with Crippen LogP contribution in [0.2, 0.25) is 15.1 Å². The molecule has 0 unspecified atom stereocenters. The highest BCUT2D eigenvalue weighted by molar-refractivity contribution is 6.43. The van der Waals surface area contributed by atoms with Crippen molar-refractivity contribution in [2.45, 2.75) is 6.92 Å². The first-order chi connectivity index (χ1) is 7.54. The van der Waals surface area contributed by atoms with Crippen LogP contribution in [0, 0.1) is 0 Å². The van der Waals surface area contributed by atoms with E-state index < -0.39 is 5.97 Å². The van der Waals surface area contributed by atoms with Crippen LogP contribution < -0.4 is 0 Å². The Bertz CT molecular complexity index is 427. The lowest BCUT2D eigenvalue weighted by Crippen LogP contribution is -1.98. The molecule has 0 atom stereocenters. The van der Waals surface area contributed by atoms with E-state index >= 15 is 0 Å². The fourth-order valence-electron chi connectivity index (χ4n) is 1.01. The minimum absolute atomic E-state index is 0.332. The summed E-state index contributed by atoms with van der Waals surface area (Å²) in [4.78, 5) is 11.1. The minimum Gasteiger partial charge on any atom is -0.463 e. The van der Waals surface area contributed by atoms with Gasteiger partial charge < -0.3 is 4.74 Å². The van der Waals surface area contributed by atoms with Gasteiger partial charge in [0.05, 0.1) is 16.7 Å². The molecular weight excluding hydrogens is 270 g/mol. The molecule has 2 nitrogen and oxygen atoms in total. The minimum atomic E-state index is -0.426. The van der Waals surface area contributed by atoms with Crippen molar-refractivity contribution in [2.75, 3.05) is 6.61 Å². The van der Waals surface area contributed by atoms with Gasteiger partial charge in [-0.1, -0.05) is 34.8 Å². The average molecular weight is 280 g/mol. The first-order valence-electron chi connectivity index (χ1n) is 4.54. The van der Waals surface area contributed by atoms with Crippen LogP contribution in [-0.4, -0.2) is 12.6 Å². The van der Waals surface area contributed by atoms with Crippen LogP contribution in [0.5, 0.6) is 0 Å². The van der Waals surface area contributed by atoms with E-state index in [1.807, 2.05) is 0 Å². The van der Waals surface area contributed by atoms with Gasteiger partial charge in [0.1, 0.15) is 0 Å². The number of halogens is 3. The van der Waals surface area contributed by atoms with E-state index in [1.54, 1.807) is 13.0 Å². The Morgan fingerprint density at radius 2 is 1.88 bits per heavy atom. The van der Waals surface area contributed by atoms with Crippen molar-refractivity contribution in [2.24, 2.45) is 0 Å². The second-order valence-corrected chi connectivity index (χ2v) is 4.09. The van der Waals surface area contributed by atoms with E-state index in [0.717, 1.165) is 0 Å². The zero-order valence-corrected chi connectivity index (χ0v) is 10.7. The maximum Gasteiger partial charge on any atom is 0.330 e. The van der Waals surface area contributed by atoms with Gasteiger partial charge in [-0.25, -0.2) is 4.79 Å². The Labute approximate surface area is 109 Å². The summed E-state index contributed by atoms with van der Waals surface area (Å²) in [5.41, 5.74) is 0.615. The van der Waals surface area contributed by atoms with E-state index in [0.29, 0.717) is 27.2 Å². The molecule has 0 aliphatic rings. The summed E-state index contributed by atoms with van der Waals surface area (Å²) in [6, 6.07) is 3.11. The maximum atomic E-state index is 11.1. The molecule has 0 aromatic heterocycles. The molecule has 0 saturated carbocycles. The van der Waals surface area contributed by atoms with E-state index in [1.165, 1.54) is 18.2 Å². The monoisotopic (exact) mass is 278 g/mol. The largest absolute Gasteiger partial charge is 0.463 e. The van der Waals surface area contributed by atoms with Crippen molar-refractivity contribution in [3.05, 3.63) is 38.8 Å². The zero-order valence-electron chi connectivity index (χ0n) is 8.47. The molecule has 0 fully saturated rings. The SMILES string of the molecule is CCOC(=O)C=Cc1cc(Cl)c(Cl)cc1Cl. The van der Waals surface area contributed by atoms with Crippen molar-refractivity contribution < 1.29 is 9.53 Å². The van der Waals surface area contributed by atoms with Gasteiger partial charge in [0.15, 0.2) is 0 Å². The fourth-order valence-corrected chi connectivity index (χ4v) is 1.63. The summed E-state index contributed by atoms with van der Waals surface area (Å²) in [5, 5.41) is 1.18. The standard InChI is InChI=1S/C11H9Cl3O2/c1-2-16-11(15)4-3-7-5-9(13)10(14)6-8(7)12/h3-6H,2H2,1H3. The number of hydrogen-bond acceptors (Lipinski definition) is 2. The fraction of sp³-hybridized carbons (Fsp3) is 0.182. The van der Waals surface area contributed by atoms with Crippen LogP contribution in [-0.2, 0) is 9.53 Å². The molecule has 0 spiro atoms. The number of benzene rings is 1. The van der Waals surface area contributed by atoms with Gasteiger partial charge in [-0.3, -0.25) is 0 Å². The summed E-state index contributed by atoms with van der Waals surface area (Å²) < 4.78 is 4.73. The van der Waals surface area contributed by atoms with Crippen LogP contribution in [0.15, 0.2) is 18.2 Å². The van der Waals surface area contributed by atoms with E-state index in [9.17, 15) is 4.79 Å². The molecule has 0 N–H and O–H groups in total. The van der Waals surface area contributed by atoms with Gasteiger partial charge in [0, 0.05) is 11.1 Å². The Morgan fingerprint density at radius 3 is 2.50 bits per heavy atom. The Balaban J connectivity index is 2.89. The number of rotatable bonds is 3. The second kappa shape index (κ2) is 6.14. The van der Waals surface area contributed by atoms with Crippen molar-refractivity contribution in [3.8, 4) is 0 Å². The molecule has 0 heterocycles. The molecule has 86 valence electrons. The third-order valence-electron chi connectivity index (χ3n) is 1.73. The third kappa shape index (κ3) is 3.71. The number of esters is 1. The summed E-state index contributed by atoms with van der Waals surface area (Å²) >= 11 is 17.5. The molecule has 0 amide bonds. The lowest BCUT2D eigenvalue weighted by atomic mass is 10.2. The van der Waals surface area contributed by atoms with E-state index in [2.05, 4.69) is 0 Å². The zero-order chi connectivity index (χ0) is 12.1. The maximum absolute atomic E-state index is 11.1. The van der Waals surface area contributed by atoms with Crippen LogP contribution in [0.1, 0.15) is 12.5 Å². The van der Waals surface area contributed by atoms with Crippen molar-refractivity contribution in [1.29, 1.82) is 0 Å². The average Bonchev–Trinajstić information content (AvgIpc) is 2.22. The molecule has 0 radical (unpaired) electrons. The van der Waals surface area contributed by atoms with Crippen molar-refractivity contribution >= 4 is 46.8 Å². The van der Waals surface area contributed by atoms with Crippen molar-refractivity contribution in [3.63, 3.8) is 0 Å². The first-order valence-corrected chi connectivity index (χ1v) is 5.67. The molecule has 16 heavy (non-hydrogen) atoms. The number of carbonyl (C=O) groups excluding carboxylic acids is 1. The number of hydrogen-bond donors (Lipinski definition) is 0. The Morgan fingerprint density at radius 1 is 1.25 bits per heavy atom. The molecule has 0 saturated heterocycles. The number of carbonyl (C=O) groups is 1. The molecule has 1 aromatic carbocycles. The molecule has 1 rings (SSSR count). The highest BCUT2D eigenvalue weighted by Gasteiger charge is 2.04. The molecule has 0 aliphatic carbocycles. The predicted molar refractivity (Wildman–Crippen MR) is 67.1 cm³/mol. The quantitative estimate of drug-likeness (QED) is 0.470. The highest BCUT2D eigenvalue weighted by Crippen LogP contribution is 2.29. The first kappa shape index (κ1) is 13.4. The predicted octanol–water partition coefficient (Wildman–Crippen LogP) is 4.22. The van der Waals surface area contributed by atoms with Crippen LogP contribution in [0.3, 0.4) is 0 Å². The summed E-state index contributed by atoms with van der Waals surface area (Å²) in [5.74, 6) is -0.426. The van der Waals surface area contributed by atoms with Gasteiger partial charge in [-0.05, 0) is 30.7 Å². The van der Waals surface area contributed by atoms with Gasteiger partial charge in [0.25, 0.3) is 0 Å². The second-order valence-electron chi connectivity index (χ2n) is 2.87. The number of ether oxygens (including phenoxy) is 1. The van der Waals surface area contributed by atoms with E-state index in [-0.39, 0.29) is 0 Å². The van der Waals surface area contributed by atoms with Crippen LogP contribution in [0.25, 0.3) is 6.08 Å². The summed E-state index contributed by atoms with van der Waals surface area (Å²) in [6.45, 7) is 2.07. The van der Waals surface area contributed by atoms with Crippen LogP contribution >= 0.6 is 34.8 Å². The van der Waals surface area contributed by atoms with Gasteiger partial charge in [-0.15, -0.1) is 0 Å². The molecule has 0 bridgehead atoms. The Hall–Kier alpha value is -0.700. The molecule has 5 heteroatoms. The lowest BCUT2D eigenvalue weighted by molar-refractivity contribution is -0.137. The van der Waals surface area contributed by atoms with Crippen LogP contribution in [0.4, 0.5) is 0 Å². The third-order valence-corrected chi connectivity index (χ3v) is 2.77. The molecule has 1 aromatic rings. The lowest BCUT2D eigenvalue weighted by Gasteiger charge is -2.01. The molecule has 0 aliphatic heterocycles. The summed E-state index contributed by atoms with van der Waals surface area (Å²) in [7, 11) is 0. The normalized spacial score (nSPS) is 10.8. The van der Waals surface area contributed by atoms with Gasteiger partial charge >= 0.3 is 5.97 Å². The smallest absolute Gasteiger partial charge is 0.330 e. The molecular formula is C11H9Cl3O2. The van der Waals surface area contributed by atoms with Gasteiger partial charge in [-0.2, -0.15) is 0 Å². The topological polar surface area (TPSA) is 26.3 Å². The van der Waals surface area contributed by atoms with Crippen molar-refractivity contribution in [1.82, 2.24) is 0 Å².